The van der Waals surface area contributed by atoms with Gasteiger partial charge in [0.15, 0.2) is 0 Å². The largest absolute Gasteiger partial charge is 0.392 e. The summed E-state index contributed by atoms with van der Waals surface area (Å²) in [6, 6.07) is 4.13. The van der Waals surface area contributed by atoms with Gasteiger partial charge in [-0.2, -0.15) is 0 Å². The van der Waals surface area contributed by atoms with Crippen molar-refractivity contribution in [2.75, 3.05) is 13.1 Å². The molecule has 1 aliphatic heterocycles. The number of piperidine rings is 1. The van der Waals surface area contributed by atoms with Crippen LogP contribution in [0.4, 0.5) is 0 Å². The Hall–Kier alpha value is -1.39. The number of imidazole rings is 1. The zero-order valence-corrected chi connectivity index (χ0v) is 10.7. The number of nitrogens with zero attached hydrogens (tertiary/aromatic N) is 3. The van der Waals surface area contributed by atoms with Gasteiger partial charge in [-0.1, -0.05) is 6.07 Å². The first-order chi connectivity index (χ1) is 8.72. The standard InChI is InChI=1S/C14H19N3O/c1-11-4-5-14-15-7-12(17(14)8-11)9-16-6-2-3-13(18)10-16/h4-5,7-8,13,18H,2-3,6,9-10H2,1H3. The fourth-order valence-electron chi connectivity index (χ4n) is 2.66. The molecule has 0 aliphatic carbocycles. The van der Waals surface area contributed by atoms with Crippen molar-refractivity contribution < 1.29 is 5.11 Å². The number of aliphatic hydroxyl groups is 1. The molecule has 4 nitrogen and oxygen atoms in total. The summed E-state index contributed by atoms with van der Waals surface area (Å²) in [5, 5.41) is 9.70. The number of β-amino-alcohol motifs (C(OH)–C–C–N with tert-alkyl or cyclic N) is 1. The lowest BCUT2D eigenvalue weighted by Gasteiger charge is -2.29. The Morgan fingerprint density at radius 3 is 3.17 bits per heavy atom. The smallest absolute Gasteiger partial charge is 0.136 e. The molecule has 1 N–H and O–H groups in total. The van der Waals surface area contributed by atoms with Crippen LogP contribution in [0.3, 0.4) is 0 Å². The van der Waals surface area contributed by atoms with Gasteiger partial charge >= 0.3 is 0 Å². The van der Waals surface area contributed by atoms with Gasteiger partial charge < -0.3 is 9.51 Å². The monoisotopic (exact) mass is 245 g/mol. The number of hydrogen-bond acceptors (Lipinski definition) is 3. The Morgan fingerprint density at radius 1 is 1.44 bits per heavy atom. The molecular weight excluding hydrogens is 226 g/mol. The fourth-order valence-corrected chi connectivity index (χ4v) is 2.66. The van der Waals surface area contributed by atoms with E-state index in [1.807, 2.05) is 12.3 Å². The summed E-state index contributed by atoms with van der Waals surface area (Å²) in [5.74, 6) is 0. The van der Waals surface area contributed by atoms with E-state index < -0.39 is 0 Å². The van der Waals surface area contributed by atoms with Crippen LogP contribution in [0.5, 0.6) is 0 Å². The van der Waals surface area contributed by atoms with Crippen LogP contribution < -0.4 is 0 Å². The highest BCUT2D eigenvalue weighted by molar-refractivity contribution is 5.41. The van der Waals surface area contributed by atoms with E-state index in [-0.39, 0.29) is 6.10 Å². The van der Waals surface area contributed by atoms with E-state index in [9.17, 15) is 5.11 Å². The first-order valence-corrected chi connectivity index (χ1v) is 6.55. The maximum atomic E-state index is 9.70. The molecule has 3 rings (SSSR count). The van der Waals surface area contributed by atoms with Crippen LogP contribution in [-0.2, 0) is 6.54 Å². The molecule has 2 aromatic rings. The van der Waals surface area contributed by atoms with Crippen LogP contribution in [0.15, 0.2) is 24.5 Å². The lowest BCUT2D eigenvalue weighted by molar-refractivity contribution is 0.0661. The third-order valence-corrected chi connectivity index (χ3v) is 3.60. The Balaban J connectivity index is 1.83. The van der Waals surface area contributed by atoms with Crippen molar-refractivity contribution in [2.45, 2.75) is 32.4 Å². The van der Waals surface area contributed by atoms with Gasteiger partial charge in [0, 0.05) is 19.3 Å². The molecular formula is C14H19N3O. The van der Waals surface area contributed by atoms with Crippen LogP contribution in [-0.4, -0.2) is 38.6 Å². The molecule has 1 aliphatic rings. The molecule has 3 heterocycles. The molecule has 0 bridgehead atoms. The van der Waals surface area contributed by atoms with Gasteiger partial charge in [-0.05, 0) is 37.9 Å². The van der Waals surface area contributed by atoms with Crippen molar-refractivity contribution in [3.05, 3.63) is 35.8 Å². The summed E-state index contributed by atoms with van der Waals surface area (Å²) in [5.41, 5.74) is 3.43. The van der Waals surface area contributed by atoms with Crippen molar-refractivity contribution in [1.82, 2.24) is 14.3 Å². The normalized spacial score (nSPS) is 21.6. The van der Waals surface area contributed by atoms with E-state index in [1.54, 1.807) is 0 Å². The summed E-state index contributed by atoms with van der Waals surface area (Å²) in [6.45, 7) is 4.80. The topological polar surface area (TPSA) is 40.8 Å². The van der Waals surface area contributed by atoms with Crippen molar-refractivity contribution in [3.63, 3.8) is 0 Å². The minimum Gasteiger partial charge on any atom is -0.392 e. The fraction of sp³-hybridized carbons (Fsp3) is 0.500. The minimum absolute atomic E-state index is 0.167. The average Bonchev–Trinajstić information content (AvgIpc) is 2.72. The van der Waals surface area contributed by atoms with Crippen LogP contribution >= 0.6 is 0 Å². The number of aromatic nitrogens is 2. The lowest BCUT2D eigenvalue weighted by atomic mass is 10.1. The van der Waals surface area contributed by atoms with Gasteiger partial charge in [0.05, 0.1) is 18.0 Å². The van der Waals surface area contributed by atoms with E-state index in [0.717, 1.165) is 38.1 Å². The molecule has 1 unspecified atom stereocenters. The van der Waals surface area contributed by atoms with Crippen LogP contribution in [0, 0.1) is 6.92 Å². The summed E-state index contributed by atoms with van der Waals surface area (Å²) in [7, 11) is 0. The molecule has 0 saturated carbocycles. The highest BCUT2D eigenvalue weighted by Gasteiger charge is 2.18. The predicted molar refractivity (Wildman–Crippen MR) is 70.4 cm³/mol. The number of aliphatic hydroxyl groups excluding tert-OH is 1. The number of hydrogen-bond donors (Lipinski definition) is 1. The third-order valence-electron chi connectivity index (χ3n) is 3.60. The molecule has 1 atom stereocenters. The molecule has 96 valence electrons. The highest BCUT2D eigenvalue weighted by Crippen LogP contribution is 2.15. The maximum Gasteiger partial charge on any atom is 0.136 e. The van der Waals surface area contributed by atoms with Gasteiger partial charge in [-0.15, -0.1) is 0 Å². The zero-order chi connectivity index (χ0) is 12.5. The van der Waals surface area contributed by atoms with Crippen LogP contribution in [0.25, 0.3) is 5.65 Å². The SMILES string of the molecule is Cc1ccc2ncc(CN3CCCC(O)C3)n2c1. The minimum atomic E-state index is -0.167. The predicted octanol–water partition coefficient (Wildman–Crippen LogP) is 1.60. The molecule has 4 heteroatoms. The first kappa shape index (κ1) is 11.7. The van der Waals surface area contributed by atoms with E-state index in [0.29, 0.717) is 0 Å². The Morgan fingerprint density at radius 2 is 2.33 bits per heavy atom. The zero-order valence-electron chi connectivity index (χ0n) is 10.7. The van der Waals surface area contributed by atoms with Crippen molar-refractivity contribution in [3.8, 4) is 0 Å². The lowest BCUT2D eigenvalue weighted by Crippen LogP contribution is -2.37. The summed E-state index contributed by atoms with van der Waals surface area (Å²) in [4.78, 5) is 6.72. The van der Waals surface area contributed by atoms with Gasteiger partial charge in [0.1, 0.15) is 5.65 Å². The molecule has 1 saturated heterocycles. The molecule has 0 spiro atoms. The van der Waals surface area contributed by atoms with Crippen molar-refractivity contribution in [2.24, 2.45) is 0 Å². The Kier molecular flexibility index (Phi) is 3.06. The second-order valence-electron chi connectivity index (χ2n) is 5.22. The van der Waals surface area contributed by atoms with E-state index >= 15 is 0 Å². The molecule has 0 aromatic carbocycles. The van der Waals surface area contributed by atoms with E-state index in [1.165, 1.54) is 11.3 Å². The molecule has 0 amide bonds. The maximum absolute atomic E-state index is 9.70. The number of rotatable bonds is 2. The van der Waals surface area contributed by atoms with Gasteiger partial charge in [0.25, 0.3) is 0 Å². The number of likely N-dealkylation sites (tertiary alicyclic amines) is 1. The summed E-state index contributed by atoms with van der Waals surface area (Å²) < 4.78 is 2.15. The number of fused-ring (bicyclic) bond motifs is 1. The third kappa shape index (κ3) is 2.26. The quantitative estimate of drug-likeness (QED) is 0.873. The van der Waals surface area contributed by atoms with E-state index in [2.05, 4.69) is 33.5 Å². The second kappa shape index (κ2) is 4.71. The Labute approximate surface area is 107 Å². The number of pyridine rings is 1. The molecule has 18 heavy (non-hydrogen) atoms. The van der Waals surface area contributed by atoms with Gasteiger partial charge in [-0.3, -0.25) is 4.90 Å². The molecule has 2 aromatic heterocycles. The molecule has 1 fully saturated rings. The van der Waals surface area contributed by atoms with Crippen LogP contribution in [0.1, 0.15) is 24.1 Å². The number of aryl methyl sites for hydroxylation is 1. The van der Waals surface area contributed by atoms with E-state index in [4.69, 9.17) is 0 Å². The van der Waals surface area contributed by atoms with Crippen LogP contribution in [0.2, 0.25) is 0 Å². The summed E-state index contributed by atoms with van der Waals surface area (Å²) in [6.07, 6.45) is 5.91. The van der Waals surface area contributed by atoms with Crippen molar-refractivity contribution >= 4 is 5.65 Å². The van der Waals surface area contributed by atoms with Crippen molar-refractivity contribution in [1.29, 1.82) is 0 Å². The average molecular weight is 245 g/mol. The highest BCUT2D eigenvalue weighted by atomic mass is 16.3. The molecule has 0 radical (unpaired) electrons. The van der Waals surface area contributed by atoms with Gasteiger partial charge in [-0.25, -0.2) is 4.98 Å². The Bertz CT molecular complexity index is 549. The first-order valence-electron chi connectivity index (χ1n) is 6.55. The summed E-state index contributed by atoms with van der Waals surface area (Å²) >= 11 is 0. The second-order valence-corrected chi connectivity index (χ2v) is 5.22. The van der Waals surface area contributed by atoms with Gasteiger partial charge in [0.2, 0.25) is 0 Å².